The minimum Gasteiger partial charge on any atom is -0.467 e. The first kappa shape index (κ1) is 10.7. The summed E-state index contributed by atoms with van der Waals surface area (Å²) in [5.74, 6) is -1.70. The fourth-order valence-corrected chi connectivity index (χ4v) is 0.396. The van der Waals surface area contributed by atoms with Crippen LogP contribution in [0.1, 0.15) is 13.8 Å². The highest BCUT2D eigenvalue weighted by molar-refractivity contribution is 5.80. The van der Waals surface area contributed by atoms with Crippen molar-refractivity contribution in [2.24, 2.45) is 0 Å². The highest BCUT2D eigenvalue weighted by atomic mass is 17.2. The highest BCUT2D eigenvalue weighted by Gasteiger charge is 2.21. The lowest BCUT2D eigenvalue weighted by molar-refractivity contribution is -0.379. The van der Waals surface area contributed by atoms with E-state index in [0.717, 1.165) is 6.08 Å². The Morgan fingerprint density at radius 1 is 1.42 bits per heavy atom. The van der Waals surface area contributed by atoms with Crippen LogP contribution in [-0.2, 0) is 19.3 Å². The van der Waals surface area contributed by atoms with Gasteiger partial charge in [0, 0.05) is 19.9 Å². The molecule has 0 N–H and O–H groups in total. The topological polar surface area (TPSA) is 44.8 Å². The summed E-state index contributed by atoms with van der Waals surface area (Å²) in [7, 11) is 0. The fraction of sp³-hybridized carbons (Fsp3) is 0.375. The Morgan fingerprint density at radius 3 is 2.42 bits per heavy atom. The van der Waals surface area contributed by atoms with E-state index in [1.165, 1.54) is 6.26 Å². The molecule has 0 unspecified atom stereocenters. The standard InChI is InChI=1S/C8H12O4/c1-5-7(9)11-12-8(3,4)10-6-2/h5-6H,1-2H2,3-4H3. The van der Waals surface area contributed by atoms with Crippen LogP contribution in [0.2, 0.25) is 0 Å². The molecule has 0 atom stereocenters. The molecule has 4 heteroatoms. The van der Waals surface area contributed by atoms with E-state index in [1.807, 2.05) is 0 Å². The van der Waals surface area contributed by atoms with E-state index in [0.29, 0.717) is 0 Å². The van der Waals surface area contributed by atoms with Crippen molar-refractivity contribution in [1.82, 2.24) is 0 Å². The summed E-state index contributed by atoms with van der Waals surface area (Å²) in [6, 6.07) is 0. The summed E-state index contributed by atoms with van der Waals surface area (Å²) in [5, 5.41) is 0. The molecule has 0 amide bonds. The second kappa shape index (κ2) is 4.56. The molecule has 0 aliphatic heterocycles. The van der Waals surface area contributed by atoms with Gasteiger partial charge in [-0.3, -0.25) is 4.89 Å². The average molecular weight is 172 g/mol. The summed E-state index contributed by atoms with van der Waals surface area (Å²) >= 11 is 0. The van der Waals surface area contributed by atoms with Gasteiger partial charge in [0.25, 0.3) is 0 Å². The Kier molecular flexibility index (Phi) is 4.07. The van der Waals surface area contributed by atoms with E-state index in [9.17, 15) is 4.79 Å². The number of ether oxygens (including phenoxy) is 1. The Morgan fingerprint density at radius 2 is 2.00 bits per heavy atom. The zero-order valence-corrected chi connectivity index (χ0v) is 7.20. The first-order valence-corrected chi connectivity index (χ1v) is 3.32. The molecule has 0 bridgehead atoms. The zero-order valence-electron chi connectivity index (χ0n) is 7.20. The Balaban J connectivity index is 3.81. The van der Waals surface area contributed by atoms with Crippen molar-refractivity contribution in [3.8, 4) is 0 Å². The zero-order chi connectivity index (χ0) is 9.61. The molecule has 0 saturated carbocycles. The monoisotopic (exact) mass is 172 g/mol. The van der Waals surface area contributed by atoms with Crippen LogP contribution >= 0.6 is 0 Å². The van der Waals surface area contributed by atoms with Crippen molar-refractivity contribution in [2.45, 2.75) is 19.6 Å². The van der Waals surface area contributed by atoms with Crippen molar-refractivity contribution in [1.29, 1.82) is 0 Å². The first-order valence-electron chi connectivity index (χ1n) is 3.32. The number of hydrogen-bond acceptors (Lipinski definition) is 4. The molecule has 12 heavy (non-hydrogen) atoms. The van der Waals surface area contributed by atoms with Crippen molar-refractivity contribution < 1.29 is 19.3 Å². The lowest BCUT2D eigenvalue weighted by Crippen LogP contribution is -2.27. The lowest BCUT2D eigenvalue weighted by atomic mass is 10.4. The van der Waals surface area contributed by atoms with Gasteiger partial charge in [0.1, 0.15) is 0 Å². The van der Waals surface area contributed by atoms with Gasteiger partial charge < -0.3 is 4.74 Å². The SMILES string of the molecule is C=COC(C)(C)OOC(=O)C=C. The first-order chi connectivity index (χ1) is 5.52. The molecule has 0 spiro atoms. The van der Waals surface area contributed by atoms with E-state index in [4.69, 9.17) is 4.74 Å². The van der Waals surface area contributed by atoms with E-state index in [1.54, 1.807) is 13.8 Å². The molecule has 4 nitrogen and oxygen atoms in total. The van der Waals surface area contributed by atoms with Crippen molar-refractivity contribution in [3.05, 3.63) is 25.5 Å². The maximum Gasteiger partial charge on any atom is 0.365 e. The van der Waals surface area contributed by atoms with Gasteiger partial charge >= 0.3 is 5.97 Å². The number of carbonyl (C=O) groups excluding carboxylic acids is 1. The minimum absolute atomic E-state index is 0.671. The van der Waals surface area contributed by atoms with Crippen LogP contribution in [0, 0.1) is 0 Å². The van der Waals surface area contributed by atoms with E-state index in [2.05, 4.69) is 22.9 Å². The molecule has 0 saturated heterocycles. The molecular formula is C8H12O4. The second-order valence-corrected chi connectivity index (χ2v) is 2.37. The predicted octanol–water partition coefficient (Wildman–Crippen LogP) is 1.54. The average Bonchev–Trinajstić information content (AvgIpc) is 2.00. The molecule has 0 radical (unpaired) electrons. The highest BCUT2D eigenvalue weighted by Crippen LogP contribution is 2.11. The Bertz CT molecular complexity index is 183. The van der Waals surface area contributed by atoms with Gasteiger partial charge in [-0.15, -0.1) is 4.89 Å². The van der Waals surface area contributed by atoms with Gasteiger partial charge in [-0.1, -0.05) is 13.2 Å². The third-order valence-electron chi connectivity index (χ3n) is 0.858. The number of hydrogen-bond donors (Lipinski definition) is 0. The second-order valence-electron chi connectivity index (χ2n) is 2.37. The van der Waals surface area contributed by atoms with Crippen LogP contribution in [0.25, 0.3) is 0 Å². The largest absolute Gasteiger partial charge is 0.467 e. The van der Waals surface area contributed by atoms with Crippen LogP contribution < -0.4 is 0 Å². The molecule has 0 heterocycles. The van der Waals surface area contributed by atoms with Gasteiger partial charge in [0.15, 0.2) is 0 Å². The molecule has 0 aromatic rings. The smallest absolute Gasteiger partial charge is 0.365 e. The van der Waals surface area contributed by atoms with Crippen LogP contribution in [0.4, 0.5) is 0 Å². The predicted molar refractivity (Wildman–Crippen MR) is 42.7 cm³/mol. The fourth-order valence-electron chi connectivity index (χ4n) is 0.396. The van der Waals surface area contributed by atoms with Gasteiger partial charge in [0.05, 0.1) is 6.26 Å². The lowest BCUT2D eigenvalue weighted by Gasteiger charge is -2.20. The molecule has 0 aliphatic carbocycles. The maximum atomic E-state index is 10.5. The summed E-state index contributed by atoms with van der Waals surface area (Å²) in [5.41, 5.74) is 0. The van der Waals surface area contributed by atoms with E-state index >= 15 is 0 Å². The number of carbonyl (C=O) groups is 1. The Hall–Kier alpha value is -1.29. The van der Waals surface area contributed by atoms with Crippen LogP contribution in [0.5, 0.6) is 0 Å². The molecule has 0 aromatic heterocycles. The van der Waals surface area contributed by atoms with Gasteiger partial charge in [-0.2, -0.15) is 0 Å². The summed E-state index contributed by atoms with van der Waals surface area (Å²) in [6.45, 7) is 9.67. The molecular weight excluding hydrogens is 160 g/mol. The van der Waals surface area contributed by atoms with Crippen molar-refractivity contribution >= 4 is 5.97 Å². The van der Waals surface area contributed by atoms with Crippen LogP contribution in [0.3, 0.4) is 0 Å². The van der Waals surface area contributed by atoms with Crippen molar-refractivity contribution in [3.63, 3.8) is 0 Å². The number of rotatable bonds is 5. The van der Waals surface area contributed by atoms with E-state index in [-0.39, 0.29) is 0 Å². The van der Waals surface area contributed by atoms with Gasteiger partial charge in [-0.05, 0) is 0 Å². The maximum absolute atomic E-state index is 10.5. The normalized spacial score (nSPS) is 10.2. The summed E-state index contributed by atoms with van der Waals surface area (Å²) < 4.78 is 4.85. The Labute approximate surface area is 71.3 Å². The van der Waals surface area contributed by atoms with Gasteiger partial charge in [-0.25, -0.2) is 4.79 Å². The van der Waals surface area contributed by atoms with Crippen molar-refractivity contribution in [2.75, 3.05) is 0 Å². The molecule has 0 aliphatic rings. The minimum atomic E-state index is -1.03. The molecule has 68 valence electrons. The molecule has 0 aromatic carbocycles. The van der Waals surface area contributed by atoms with Gasteiger partial charge in [0.2, 0.25) is 5.79 Å². The third kappa shape index (κ3) is 4.51. The summed E-state index contributed by atoms with van der Waals surface area (Å²) in [4.78, 5) is 19.4. The molecule has 0 rings (SSSR count). The van der Waals surface area contributed by atoms with Crippen LogP contribution in [0.15, 0.2) is 25.5 Å². The van der Waals surface area contributed by atoms with Crippen LogP contribution in [-0.4, -0.2) is 11.8 Å². The quantitative estimate of drug-likeness (QED) is 0.207. The van der Waals surface area contributed by atoms with E-state index < -0.39 is 11.8 Å². The summed E-state index contributed by atoms with van der Waals surface area (Å²) in [6.07, 6.45) is 2.19. The molecule has 0 fully saturated rings. The third-order valence-corrected chi connectivity index (χ3v) is 0.858.